The highest BCUT2D eigenvalue weighted by atomic mass is 16.5. The van der Waals surface area contributed by atoms with Crippen molar-refractivity contribution in [1.82, 2.24) is 9.88 Å². The van der Waals surface area contributed by atoms with Crippen molar-refractivity contribution in [1.29, 1.82) is 0 Å². The molecular formula is C15H22N2O. The average molecular weight is 246 g/mol. The molecule has 0 saturated carbocycles. The second kappa shape index (κ2) is 5.44. The first kappa shape index (κ1) is 13.0. The number of rotatable bonds is 5. The number of fused-ring (bicyclic) bond motifs is 1. The molecule has 1 aromatic carbocycles. The lowest BCUT2D eigenvalue weighted by atomic mass is 10.1. The van der Waals surface area contributed by atoms with Crippen LogP contribution in [0.5, 0.6) is 5.75 Å². The molecule has 0 radical (unpaired) electrons. The van der Waals surface area contributed by atoms with Gasteiger partial charge in [-0.15, -0.1) is 0 Å². The molecule has 1 heterocycles. The molecule has 18 heavy (non-hydrogen) atoms. The lowest BCUT2D eigenvalue weighted by molar-refractivity contribution is 0.419. The number of benzene rings is 1. The zero-order chi connectivity index (χ0) is 13.1. The van der Waals surface area contributed by atoms with Crippen molar-refractivity contribution in [3.63, 3.8) is 0 Å². The summed E-state index contributed by atoms with van der Waals surface area (Å²) < 4.78 is 7.64. The van der Waals surface area contributed by atoms with E-state index in [1.165, 1.54) is 16.5 Å². The molecule has 3 heteroatoms. The van der Waals surface area contributed by atoms with E-state index in [0.717, 1.165) is 18.7 Å². The van der Waals surface area contributed by atoms with Gasteiger partial charge in [0.15, 0.2) is 0 Å². The lowest BCUT2D eigenvalue weighted by Crippen LogP contribution is -2.24. The van der Waals surface area contributed by atoms with E-state index in [-0.39, 0.29) is 0 Å². The van der Waals surface area contributed by atoms with Gasteiger partial charge in [0.1, 0.15) is 5.75 Å². The van der Waals surface area contributed by atoms with Gasteiger partial charge in [0.2, 0.25) is 0 Å². The van der Waals surface area contributed by atoms with Gasteiger partial charge >= 0.3 is 0 Å². The molecule has 2 aromatic rings. The van der Waals surface area contributed by atoms with E-state index in [2.05, 4.69) is 43.0 Å². The number of nitrogens with zero attached hydrogens (tertiary/aromatic N) is 1. The maximum Gasteiger partial charge on any atom is 0.128 e. The number of hydrogen-bond donors (Lipinski definition) is 1. The Hall–Kier alpha value is -1.48. The van der Waals surface area contributed by atoms with Crippen LogP contribution in [0.1, 0.15) is 19.4 Å². The van der Waals surface area contributed by atoms with E-state index in [1.54, 1.807) is 7.11 Å². The van der Waals surface area contributed by atoms with Crippen LogP contribution in [0.4, 0.5) is 0 Å². The lowest BCUT2D eigenvalue weighted by Gasteiger charge is -2.08. The standard InChI is InChI=1S/C15H22N2O/c1-11(2)16-9-8-12-10-17(3)13-6-5-7-14(18-4)15(12)13/h5-7,10-11,16H,8-9H2,1-4H3. The first-order valence-corrected chi connectivity index (χ1v) is 6.47. The van der Waals surface area contributed by atoms with Crippen LogP contribution in [0, 0.1) is 0 Å². The van der Waals surface area contributed by atoms with Crippen LogP contribution in [0.25, 0.3) is 10.9 Å². The largest absolute Gasteiger partial charge is 0.496 e. The van der Waals surface area contributed by atoms with Crippen LogP contribution in [0.3, 0.4) is 0 Å². The SMILES string of the molecule is COc1cccc2c1c(CCNC(C)C)cn2C. The third-order valence-corrected chi connectivity index (χ3v) is 3.22. The molecule has 3 nitrogen and oxygen atoms in total. The first-order valence-electron chi connectivity index (χ1n) is 6.47. The number of methoxy groups -OCH3 is 1. The van der Waals surface area contributed by atoms with Crippen molar-refractivity contribution in [3.8, 4) is 5.75 Å². The third kappa shape index (κ3) is 2.51. The Labute approximate surface area is 109 Å². The molecule has 0 fully saturated rings. The molecule has 1 N–H and O–H groups in total. The van der Waals surface area contributed by atoms with Crippen molar-refractivity contribution >= 4 is 10.9 Å². The normalized spacial score (nSPS) is 11.4. The second-order valence-corrected chi connectivity index (χ2v) is 4.98. The molecule has 0 amide bonds. The summed E-state index contributed by atoms with van der Waals surface area (Å²) in [5.74, 6) is 0.965. The highest BCUT2D eigenvalue weighted by Gasteiger charge is 2.10. The Balaban J connectivity index is 2.32. The summed E-state index contributed by atoms with van der Waals surface area (Å²) in [5.41, 5.74) is 2.58. The molecule has 0 unspecified atom stereocenters. The highest BCUT2D eigenvalue weighted by Crippen LogP contribution is 2.30. The topological polar surface area (TPSA) is 26.2 Å². The molecule has 2 rings (SSSR count). The van der Waals surface area contributed by atoms with Crippen LogP contribution < -0.4 is 10.1 Å². The molecule has 0 aliphatic heterocycles. The highest BCUT2D eigenvalue weighted by molar-refractivity contribution is 5.90. The summed E-state index contributed by atoms with van der Waals surface area (Å²) in [6, 6.07) is 6.73. The number of aromatic nitrogens is 1. The predicted octanol–water partition coefficient (Wildman–Crippen LogP) is 2.73. The fourth-order valence-electron chi connectivity index (χ4n) is 2.36. The monoisotopic (exact) mass is 246 g/mol. The molecule has 98 valence electrons. The Morgan fingerprint density at radius 3 is 2.78 bits per heavy atom. The van der Waals surface area contributed by atoms with Gasteiger partial charge in [-0.05, 0) is 30.7 Å². The maximum absolute atomic E-state index is 5.48. The Morgan fingerprint density at radius 2 is 2.11 bits per heavy atom. The smallest absolute Gasteiger partial charge is 0.128 e. The Bertz CT molecular complexity index is 529. The minimum Gasteiger partial charge on any atom is -0.496 e. The quantitative estimate of drug-likeness (QED) is 0.878. The van der Waals surface area contributed by atoms with E-state index in [9.17, 15) is 0 Å². The zero-order valence-corrected chi connectivity index (χ0v) is 11.7. The number of aryl methyl sites for hydroxylation is 1. The van der Waals surface area contributed by atoms with E-state index >= 15 is 0 Å². The zero-order valence-electron chi connectivity index (χ0n) is 11.7. The van der Waals surface area contributed by atoms with Gasteiger partial charge in [0.25, 0.3) is 0 Å². The van der Waals surface area contributed by atoms with Crippen molar-refractivity contribution in [3.05, 3.63) is 30.0 Å². The molecule has 0 atom stereocenters. The number of hydrogen-bond acceptors (Lipinski definition) is 2. The van der Waals surface area contributed by atoms with Crippen molar-refractivity contribution in [2.45, 2.75) is 26.3 Å². The van der Waals surface area contributed by atoms with Crippen molar-refractivity contribution in [2.24, 2.45) is 7.05 Å². The summed E-state index contributed by atoms with van der Waals surface area (Å²) in [6.07, 6.45) is 3.23. The molecule has 0 aliphatic rings. The van der Waals surface area contributed by atoms with Crippen LogP contribution in [0.2, 0.25) is 0 Å². The van der Waals surface area contributed by atoms with Gasteiger partial charge in [-0.2, -0.15) is 0 Å². The third-order valence-electron chi connectivity index (χ3n) is 3.22. The summed E-state index contributed by atoms with van der Waals surface area (Å²) in [4.78, 5) is 0. The van der Waals surface area contributed by atoms with Crippen LogP contribution in [-0.4, -0.2) is 24.3 Å². The molecule has 0 saturated heterocycles. The first-order chi connectivity index (χ1) is 8.63. The van der Waals surface area contributed by atoms with Gasteiger partial charge in [0, 0.05) is 24.7 Å². The average Bonchev–Trinajstić information content (AvgIpc) is 2.66. The summed E-state index contributed by atoms with van der Waals surface area (Å²) in [6.45, 7) is 5.34. The predicted molar refractivity (Wildman–Crippen MR) is 76.3 cm³/mol. The second-order valence-electron chi connectivity index (χ2n) is 4.98. The molecule has 0 spiro atoms. The fraction of sp³-hybridized carbons (Fsp3) is 0.467. The summed E-state index contributed by atoms with van der Waals surface area (Å²) in [7, 11) is 3.82. The van der Waals surface area contributed by atoms with Crippen LogP contribution >= 0.6 is 0 Å². The number of ether oxygens (including phenoxy) is 1. The van der Waals surface area contributed by atoms with E-state index in [0.29, 0.717) is 6.04 Å². The van der Waals surface area contributed by atoms with Crippen molar-refractivity contribution in [2.75, 3.05) is 13.7 Å². The van der Waals surface area contributed by atoms with E-state index in [4.69, 9.17) is 4.74 Å². The van der Waals surface area contributed by atoms with Crippen LogP contribution in [-0.2, 0) is 13.5 Å². The fourth-order valence-corrected chi connectivity index (χ4v) is 2.36. The van der Waals surface area contributed by atoms with Gasteiger partial charge in [0.05, 0.1) is 12.6 Å². The Kier molecular flexibility index (Phi) is 3.92. The van der Waals surface area contributed by atoms with E-state index < -0.39 is 0 Å². The minimum absolute atomic E-state index is 0.530. The Morgan fingerprint density at radius 1 is 1.33 bits per heavy atom. The number of nitrogens with one attached hydrogen (secondary N) is 1. The van der Waals surface area contributed by atoms with Gasteiger partial charge in [-0.25, -0.2) is 0 Å². The maximum atomic E-state index is 5.48. The van der Waals surface area contributed by atoms with Gasteiger partial charge < -0.3 is 14.6 Å². The summed E-state index contributed by atoms with van der Waals surface area (Å²) in [5, 5.41) is 4.70. The van der Waals surface area contributed by atoms with Crippen molar-refractivity contribution < 1.29 is 4.74 Å². The van der Waals surface area contributed by atoms with Gasteiger partial charge in [-0.3, -0.25) is 0 Å². The van der Waals surface area contributed by atoms with Gasteiger partial charge in [-0.1, -0.05) is 19.9 Å². The molecular weight excluding hydrogens is 224 g/mol. The minimum atomic E-state index is 0.530. The van der Waals surface area contributed by atoms with Crippen LogP contribution in [0.15, 0.2) is 24.4 Å². The molecule has 0 bridgehead atoms. The summed E-state index contributed by atoms with van der Waals surface area (Å²) >= 11 is 0. The molecule has 1 aromatic heterocycles. The van der Waals surface area contributed by atoms with E-state index in [1.807, 2.05) is 12.1 Å². The molecule has 0 aliphatic carbocycles.